The van der Waals surface area contributed by atoms with Crippen LogP contribution in [-0.4, -0.2) is 56.2 Å². The van der Waals surface area contributed by atoms with E-state index in [0.717, 1.165) is 30.9 Å². The van der Waals surface area contributed by atoms with Crippen LogP contribution in [0.1, 0.15) is 5.56 Å². The molecule has 2 amide bonds. The van der Waals surface area contributed by atoms with E-state index in [1.54, 1.807) is 6.08 Å². The minimum Gasteiger partial charge on any atom is -0.466 e. The zero-order valence-corrected chi connectivity index (χ0v) is 12.5. The first-order valence-corrected chi connectivity index (χ1v) is 7.34. The minimum absolute atomic E-state index is 0.0735. The minimum atomic E-state index is -0.386. The van der Waals surface area contributed by atoms with Gasteiger partial charge in [0.05, 0.1) is 13.2 Å². The molecule has 0 radical (unpaired) electrons. The van der Waals surface area contributed by atoms with Gasteiger partial charge in [-0.25, -0.2) is 9.59 Å². The van der Waals surface area contributed by atoms with Crippen LogP contribution < -0.4 is 10.2 Å². The molecule has 6 nitrogen and oxygen atoms in total. The number of anilines is 1. The second-order valence-electron chi connectivity index (χ2n) is 5.39. The van der Waals surface area contributed by atoms with E-state index in [-0.39, 0.29) is 18.0 Å². The summed E-state index contributed by atoms with van der Waals surface area (Å²) >= 11 is 0. The number of piperazine rings is 1. The van der Waals surface area contributed by atoms with Crippen LogP contribution in [0.2, 0.25) is 0 Å². The van der Waals surface area contributed by atoms with Crippen molar-refractivity contribution in [3.05, 3.63) is 35.9 Å². The Labute approximate surface area is 129 Å². The molecule has 6 heteroatoms. The molecule has 22 heavy (non-hydrogen) atoms. The molecule has 0 aliphatic carbocycles. The van der Waals surface area contributed by atoms with Crippen molar-refractivity contribution in [2.75, 3.05) is 38.2 Å². The van der Waals surface area contributed by atoms with E-state index < -0.39 is 0 Å². The van der Waals surface area contributed by atoms with Gasteiger partial charge >= 0.3 is 12.0 Å². The number of methoxy groups -OCH3 is 1. The molecular formula is C16H19N3O3. The van der Waals surface area contributed by atoms with Crippen LogP contribution in [0.4, 0.5) is 10.5 Å². The van der Waals surface area contributed by atoms with Crippen LogP contribution >= 0.6 is 0 Å². The number of hydrogen-bond acceptors (Lipinski definition) is 4. The molecule has 0 spiro atoms. The first kappa shape index (κ1) is 14.6. The van der Waals surface area contributed by atoms with Crippen molar-refractivity contribution >= 4 is 23.8 Å². The number of fused-ring (bicyclic) bond motifs is 1. The Hall–Kier alpha value is -2.34. The summed E-state index contributed by atoms with van der Waals surface area (Å²) in [6.45, 7) is 3.18. The Balaban J connectivity index is 1.72. The van der Waals surface area contributed by atoms with Crippen molar-refractivity contribution in [1.82, 2.24) is 10.2 Å². The molecule has 0 saturated carbocycles. The maximum absolute atomic E-state index is 12.4. The van der Waals surface area contributed by atoms with Crippen molar-refractivity contribution in [1.29, 1.82) is 0 Å². The van der Waals surface area contributed by atoms with Crippen molar-refractivity contribution in [3.8, 4) is 0 Å². The molecule has 1 aromatic carbocycles. The Morgan fingerprint density at radius 2 is 2.14 bits per heavy atom. The van der Waals surface area contributed by atoms with Crippen LogP contribution in [0.15, 0.2) is 30.3 Å². The van der Waals surface area contributed by atoms with Crippen molar-refractivity contribution in [2.45, 2.75) is 6.04 Å². The van der Waals surface area contributed by atoms with Crippen LogP contribution in [0.3, 0.4) is 0 Å². The molecular weight excluding hydrogens is 282 g/mol. The average Bonchev–Trinajstić information content (AvgIpc) is 2.90. The Morgan fingerprint density at radius 1 is 1.36 bits per heavy atom. The van der Waals surface area contributed by atoms with Gasteiger partial charge in [0.25, 0.3) is 0 Å². The number of amides is 2. The smallest absolute Gasteiger partial charge is 0.330 e. The Morgan fingerprint density at radius 3 is 2.82 bits per heavy atom. The Bertz CT molecular complexity index is 597. The van der Waals surface area contributed by atoms with Crippen molar-refractivity contribution in [3.63, 3.8) is 0 Å². The lowest BCUT2D eigenvalue weighted by atomic mass is 10.2. The van der Waals surface area contributed by atoms with Crippen molar-refractivity contribution < 1.29 is 14.3 Å². The van der Waals surface area contributed by atoms with Gasteiger partial charge in [0.1, 0.15) is 0 Å². The lowest BCUT2D eigenvalue weighted by Crippen LogP contribution is -2.49. The zero-order valence-electron chi connectivity index (χ0n) is 12.5. The van der Waals surface area contributed by atoms with E-state index in [1.807, 2.05) is 34.1 Å². The molecule has 3 rings (SSSR count). The van der Waals surface area contributed by atoms with Gasteiger partial charge in [-0.15, -0.1) is 0 Å². The normalized spacial score (nSPS) is 21.3. The van der Waals surface area contributed by atoms with E-state index in [2.05, 4.69) is 10.1 Å². The summed E-state index contributed by atoms with van der Waals surface area (Å²) in [5.74, 6) is -0.386. The maximum Gasteiger partial charge on any atom is 0.330 e. The van der Waals surface area contributed by atoms with Crippen LogP contribution in [0.25, 0.3) is 6.08 Å². The molecule has 116 valence electrons. The third-order valence-corrected chi connectivity index (χ3v) is 4.04. The lowest BCUT2D eigenvalue weighted by Gasteiger charge is -2.28. The molecule has 1 aromatic rings. The highest BCUT2D eigenvalue weighted by Gasteiger charge is 2.38. The predicted octanol–water partition coefficient (Wildman–Crippen LogP) is 1.09. The summed E-state index contributed by atoms with van der Waals surface area (Å²) in [6.07, 6.45) is 3.07. The summed E-state index contributed by atoms with van der Waals surface area (Å²) in [4.78, 5) is 27.2. The molecule has 2 saturated heterocycles. The molecule has 2 aliphatic rings. The van der Waals surface area contributed by atoms with Gasteiger partial charge in [-0.05, 0) is 23.8 Å². The first-order chi connectivity index (χ1) is 10.7. The molecule has 0 unspecified atom stereocenters. The summed E-state index contributed by atoms with van der Waals surface area (Å²) in [5, 5.41) is 3.32. The summed E-state index contributed by atoms with van der Waals surface area (Å²) in [7, 11) is 1.35. The summed E-state index contributed by atoms with van der Waals surface area (Å²) < 4.78 is 4.56. The lowest BCUT2D eigenvalue weighted by molar-refractivity contribution is -0.134. The number of esters is 1. The largest absolute Gasteiger partial charge is 0.466 e. The number of rotatable bonds is 3. The van der Waals surface area contributed by atoms with Gasteiger partial charge in [-0.1, -0.05) is 12.1 Å². The Kier molecular flexibility index (Phi) is 4.11. The number of carbonyl (C=O) groups excluding carboxylic acids is 2. The quantitative estimate of drug-likeness (QED) is 0.670. The zero-order chi connectivity index (χ0) is 15.5. The van der Waals surface area contributed by atoms with E-state index in [1.165, 1.54) is 13.2 Å². The molecule has 0 aromatic heterocycles. The van der Waals surface area contributed by atoms with E-state index in [4.69, 9.17) is 0 Å². The molecule has 0 bridgehead atoms. The number of nitrogens with one attached hydrogen (secondary N) is 1. The van der Waals surface area contributed by atoms with Gasteiger partial charge in [0.15, 0.2) is 0 Å². The molecule has 2 heterocycles. The fourth-order valence-corrected chi connectivity index (χ4v) is 2.83. The molecule has 2 aliphatic heterocycles. The monoisotopic (exact) mass is 301 g/mol. The fraction of sp³-hybridized carbons (Fsp3) is 0.375. The van der Waals surface area contributed by atoms with E-state index in [0.29, 0.717) is 6.54 Å². The van der Waals surface area contributed by atoms with Crippen molar-refractivity contribution in [2.24, 2.45) is 0 Å². The van der Waals surface area contributed by atoms with Crippen LogP contribution in [0, 0.1) is 0 Å². The fourth-order valence-electron chi connectivity index (χ4n) is 2.83. The number of carbonyl (C=O) groups is 2. The second kappa shape index (κ2) is 6.19. The third-order valence-electron chi connectivity index (χ3n) is 4.04. The highest BCUT2D eigenvalue weighted by Crippen LogP contribution is 2.25. The SMILES string of the molecule is COC(=O)/C=C/c1ccc(N2C[C@@H]3CNCCN3C2=O)cc1. The topological polar surface area (TPSA) is 61.9 Å². The summed E-state index contributed by atoms with van der Waals surface area (Å²) in [5.41, 5.74) is 1.77. The highest BCUT2D eigenvalue weighted by atomic mass is 16.5. The number of ether oxygens (including phenoxy) is 1. The van der Waals surface area contributed by atoms with Crippen LogP contribution in [-0.2, 0) is 9.53 Å². The first-order valence-electron chi connectivity index (χ1n) is 7.34. The number of hydrogen-bond donors (Lipinski definition) is 1. The number of benzene rings is 1. The third kappa shape index (κ3) is 2.82. The van der Waals surface area contributed by atoms with Gasteiger partial charge in [0.2, 0.25) is 0 Å². The number of nitrogens with zero attached hydrogens (tertiary/aromatic N) is 2. The predicted molar refractivity (Wildman–Crippen MR) is 83.6 cm³/mol. The van der Waals surface area contributed by atoms with Gasteiger partial charge < -0.3 is 15.0 Å². The number of urea groups is 1. The van der Waals surface area contributed by atoms with E-state index >= 15 is 0 Å². The van der Waals surface area contributed by atoms with Crippen LogP contribution in [0.5, 0.6) is 0 Å². The highest BCUT2D eigenvalue weighted by molar-refractivity contribution is 5.95. The standard InChI is InChI=1S/C16H19N3O3/c1-22-15(20)7-4-12-2-5-13(6-3-12)19-11-14-10-17-8-9-18(14)16(19)21/h2-7,14,17H,8-11H2,1H3/b7-4+/t14-/m0/s1. The molecule has 1 N–H and O–H groups in total. The summed E-state index contributed by atoms with van der Waals surface area (Å²) in [6, 6.07) is 7.90. The van der Waals surface area contributed by atoms with Gasteiger partial charge in [-0.2, -0.15) is 0 Å². The maximum atomic E-state index is 12.4. The molecule has 1 atom stereocenters. The van der Waals surface area contributed by atoms with Gasteiger partial charge in [0, 0.05) is 37.9 Å². The van der Waals surface area contributed by atoms with Gasteiger partial charge in [-0.3, -0.25) is 4.90 Å². The molecule has 2 fully saturated rings. The second-order valence-corrected chi connectivity index (χ2v) is 5.39. The van der Waals surface area contributed by atoms with E-state index in [9.17, 15) is 9.59 Å². The average molecular weight is 301 g/mol.